The topological polar surface area (TPSA) is 94.6 Å². The predicted molar refractivity (Wildman–Crippen MR) is 99.8 cm³/mol. The first-order valence-electron chi connectivity index (χ1n) is 8.62. The van der Waals surface area contributed by atoms with Gasteiger partial charge in [0.25, 0.3) is 5.89 Å². The first kappa shape index (κ1) is 16.9. The van der Waals surface area contributed by atoms with Crippen molar-refractivity contribution in [2.24, 2.45) is 7.05 Å². The first-order valence-corrected chi connectivity index (χ1v) is 8.62. The van der Waals surface area contributed by atoms with Crippen LogP contribution in [-0.4, -0.2) is 29.9 Å². The molecule has 0 aliphatic rings. The van der Waals surface area contributed by atoms with Crippen LogP contribution in [0.2, 0.25) is 0 Å². The summed E-state index contributed by atoms with van der Waals surface area (Å²) in [7, 11) is 1.91. The number of hydrogen-bond donors (Lipinski definition) is 1. The molecule has 4 rings (SSSR count). The van der Waals surface area contributed by atoms with E-state index in [4.69, 9.17) is 4.52 Å². The maximum Gasteiger partial charge on any atom is 0.259 e. The van der Waals surface area contributed by atoms with Gasteiger partial charge in [-0.15, -0.1) is 10.2 Å². The van der Waals surface area contributed by atoms with Crippen LogP contribution in [-0.2, 0) is 13.5 Å². The number of rotatable bonds is 6. The molecular formula is C19H19N7O. The smallest absolute Gasteiger partial charge is 0.259 e. The highest BCUT2D eigenvalue weighted by Crippen LogP contribution is 2.20. The highest BCUT2D eigenvalue weighted by molar-refractivity contribution is 5.54. The van der Waals surface area contributed by atoms with Gasteiger partial charge in [0.2, 0.25) is 0 Å². The third kappa shape index (κ3) is 3.84. The summed E-state index contributed by atoms with van der Waals surface area (Å²) >= 11 is 0. The van der Waals surface area contributed by atoms with Crippen molar-refractivity contribution in [2.75, 3.05) is 5.32 Å². The molecule has 3 aromatic heterocycles. The summed E-state index contributed by atoms with van der Waals surface area (Å²) in [5.41, 5.74) is 1.92. The Labute approximate surface area is 156 Å². The monoisotopic (exact) mass is 361 g/mol. The van der Waals surface area contributed by atoms with Gasteiger partial charge in [0.05, 0.1) is 11.6 Å². The zero-order valence-electron chi connectivity index (χ0n) is 15.1. The van der Waals surface area contributed by atoms with Crippen molar-refractivity contribution < 1.29 is 4.52 Å². The normalized spacial score (nSPS) is 12.1. The van der Waals surface area contributed by atoms with E-state index in [-0.39, 0.29) is 6.04 Å². The molecule has 1 unspecified atom stereocenters. The van der Waals surface area contributed by atoms with Crippen LogP contribution in [0.15, 0.2) is 59.5 Å². The average Bonchev–Trinajstić information content (AvgIpc) is 3.32. The van der Waals surface area contributed by atoms with Gasteiger partial charge in [-0.3, -0.25) is 0 Å². The molecule has 0 bridgehead atoms. The molecule has 3 heterocycles. The SMILES string of the molecule is CC(Nc1ccc(-c2nc(Cc3ccccc3)no2)cn1)c1nncn1C. The van der Waals surface area contributed by atoms with Crippen LogP contribution in [0.4, 0.5) is 5.82 Å². The molecular weight excluding hydrogens is 342 g/mol. The lowest BCUT2D eigenvalue weighted by molar-refractivity contribution is 0.424. The summed E-state index contributed by atoms with van der Waals surface area (Å²) in [6.45, 7) is 2.01. The van der Waals surface area contributed by atoms with Crippen molar-refractivity contribution >= 4 is 5.82 Å². The Balaban J connectivity index is 1.44. The van der Waals surface area contributed by atoms with Crippen LogP contribution in [0.5, 0.6) is 0 Å². The van der Waals surface area contributed by atoms with Crippen molar-refractivity contribution in [3.8, 4) is 11.5 Å². The molecule has 4 aromatic rings. The lowest BCUT2D eigenvalue weighted by Gasteiger charge is -2.13. The van der Waals surface area contributed by atoms with Crippen LogP contribution < -0.4 is 5.32 Å². The Morgan fingerprint density at radius 1 is 1.15 bits per heavy atom. The van der Waals surface area contributed by atoms with E-state index in [1.54, 1.807) is 12.5 Å². The van der Waals surface area contributed by atoms with Gasteiger partial charge in [0.1, 0.15) is 12.1 Å². The minimum absolute atomic E-state index is 0.0169. The molecule has 8 nitrogen and oxygen atoms in total. The molecule has 136 valence electrons. The van der Waals surface area contributed by atoms with Crippen LogP contribution in [0.3, 0.4) is 0 Å². The summed E-state index contributed by atoms with van der Waals surface area (Å²) < 4.78 is 7.25. The van der Waals surface area contributed by atoms with Crippen molar-refractivity contribution in [3.63, 3.8) is 0 Å². The molecule has 0 spiro atoms. The number of hydrogen-bond acceptors (Lipinski definition) is 7. The Hall–Kier alpha value is -3.55. The van der Waals surface area contributed by atoms with E-state index in [9.17, 15) is 0 Å². The maximum absolute atomic E-state index is 5.38. The molecule has 0 saturated heterocycles. The Morgan fingerprint density at radius 3 is 2.70 bits per heavy atom. The van der Waals surface area contributed by atoms with Gasteiger partial charge in [0, 0.05) is 19.7 Å². The van der Waals surface area contributed by atoms with Crippen molar-refractivity contribution in [1.29, 1.82) is 0 Å². The molecule has 1 aromatic carbocycles. The highest BCUT2D eigenvalue weighted by atomic mass is 16.5. The second-order valence-electron chi connectivity index (χ2n) is 6.28. The predicted octanol–water partition coefficient (Wildman–Crippen LogP) is 3.02. The van der Waals surface area contributed by atoms with Gasteiger partial charge in [-0.2, -0.15) is 4.98 Å². The zero-order chi connectivity index (χ0) is 18.6. The van der Waals surface area contributed by atoms with E-state index in [1.165, 1.54) is 0 Å². The second-order valence-corrected chi connectivity index (χ2v) is 6.28. The molecule has 0 radical (unpaired) electrons. The van der Waals surface area contributed by atoms with Crippen molar-refractivity contribution in [3.05, 3.63) is 72.2 Å². The molecule has 1 atom stereocenters. The Kier molecular flexibility index (Phi) is 4.61. The van der Waals surface area contributed by atoms with Crippen molar-refractivity contribution in [1.82, 2.24) is 29.9 Å². The van der Waals surface area contributed by atoms with Crippen LogP contribution >= 0.6 is 0 Å². The van der Waals surface area contributed by atoms with E-state index in [0.29, 0.717) is 18.1 Å². The standard InChI is InChI=1S/C19H19N7O/c1-13(18-24-21-12-26(18)2)22-16-9-8-15(11-20-16)19-23-17(25-27-19)10-14-6-4-3-5-7-14/h3-9,11-13H,10H2,1-2H3,(H,20,22). The Morgan fingerprint density at radius 2 is 2.00 bits per heavy atom. The van der Waals surface area contributed by atoms with E-state index in [0.717, 1.165) is 22.8 Å². The highest BCUT2D eigenvalue weighted by Gasteiger charge is 2.13. The van der Waals surface area contributed by atoms with Gasteiger partial charge >= 0.3 is 0 Å². The minimum atomic E-state index is -0.0169. The zero-order valence-corrected chi connectivity index (χ0v) is 15.1. The summed E-state index contributed by atoms with van der Waals surface area (Å²) in [4.78, 5) is 8.89. The molecule has 1 N–H and O–H groups in total. The molecule has 0 aliphatic carbocycles. The summed E-state index contributed by atoms with van der Waals surface area (Å²) in [6.07, 6.45) is 4.02. The second kappa shape index (κ2) is 7.36. The molecule has 0 fully saturated rings. The Bertz CT molecular complexity index is 1010. The van der Waals surface area contributed by atoms with Crippen LogP contribution in [0, 0.1) is 0 Å². The maximum atomic E-state index is 5.38. The van der Waals surface area contributed by atoms with Gasteiger partial charge in [0.15, 0.2) is 11.6 Å². The number of nitrogens with one attached hydrogen (secondary N) is 1. The molecule has 27 heavy (non-hydrogen) atoms. The number of pyridine rings is 1. The number of benzene rings is 1. The van der Waals surface area contributed by atoms with E-state index in [2.05, 4.69) is 30.6 Å². The quantitative estimate of drug-likeness (QED) is 0.564. The third-order valence-corrected chi connectivity index (χ3v) is 4.18. The fraction of sp³-hybridized carbons (Fsp3) is 0.211. The fourth-order valence-corrected chi connectivity index (χ4v) is 2.80. The van der Waals surface area contributed by atoms with Gasteiger partial charge in [-0.05, 0) is 24.6 Å². The summed E-state index contributed by atoms with van der Waals surface area (Å²) in [6, 6.07) is 13.8. The van der Waals surface area contributed by atoms with Gasteiger partial charge < -0.3 is 14.4 Å². The third-order valence-electron chi connectivity index (χ3n) is 4.18. The number of aromatic nitrogens is 6. The van der Waals surface area contributed by atoms with E-state index in [1.807, 2.05) is 61.0 Å². The van der Waals surface area contributed by atoms with Gasteiger partial charge in [-0.1, -0.05) is 35.5 Å². The van der Waals surface area contributed by atoms with Crippen molar-refractivity contribution in [2.45, 2.75) is 19.4 Å². The number of nitrogens with zero attached hydrogens (tertiary/aromatic N) is 6. The lowest BCUT2D eigenvalue weighted by Crippen LogP contribution is -2.12. The molecule has 0 amide bonds. The fourth-order valence-electron chi connectivity index (χ4n) is 2.80. The largest absolute Gasteiger partial charge is 0.360 e. The van der Waals surface area contributed by atoms with E-state index < -0.39 is 0 Å². The first-order chi connectivity index (χ1) is 13.2. The van der Waals surface area contributed by atoms with E-state index >= 15 is 0 Å². The van der Waals surface area contributed by atoms with Crippen LogP contribution in [0.1, 0.15) is 30.2 Å². The average molecular weight is 361 g/mol. The number of anilines is 1. The number of aryl methyl sites for hydroxylation is 1. The molecule has 8 heteroatoms. The molecule has 0 aliphatic heterocycles. The summed E-state index contributed by atoms with van der Waals surface area (Å²) in [5.74, 6) is 2.68. The molecule has 0 saturated carbocycles. The van der Waals surface area contributed by atoms with Gasteiger partial charge in [-0.25, -0.2) is 4.98 Å². The lowest BCUT2D eigenvalue weighted by atomic mass is 10.1. The van der Waals surface area contributed by atoms with Crippen LogP contribution in [0.25, 0.3) is 11.5 Å². The minimum Gasteiger partial charge on any atom is -0.360 e. The summed E-state index contributed by atoms with van der Waals surface area (Å²) in [5, 5.41) is 15.4.